The highest BCUT2D eigenvalue weighted by Gasteiger charge is 2.58. The quantitative estimate of drug-likeness (QED) is 0.746. The maximum Gasteiger partial charge on any atom is 0.276 e. The van der Waals surface area contributed by atoms with E-state index >= 15 is 0 Å². The maximum absolute atomic E-state index is 13.7. The van der Waals surface area contributed by atoms with Crippen LogP contribution in [0.2, 0.25) is 0 Å². The fraction of sp³-hybridized carbons (Fsp3) is 0.500. The minimum Gasteiger partial charge on any atom is -0.361 e. The summed E-state index contributed by atoms with van der Waals surface area (Å²) < 4.78 is 38.8. The predicted octanol–water partition coefficient (Wildman–Crippen LogP) is 3.21. The molecule has 0 radical (unpaired) electrons. The molecule has 3 aliphatic rings. The molecule has 3 saturated heterocycles. The number of carbonyl (C=O) groups excluding carboxylic acids is 2. The van der Waals surface area contributed by atoms with Crippen LogP contribution in [0.15, 0.2) is 28.8 Å². The fourth-order valence-electron chi connectivity index (χ4n) is 4.95. The van der Waals surface area contributed by atoms with Crippen molar-refractivity contribution < 1.29 is 27.6 Å². The highest BCUT2D eigenvalue weighted by molar-refractivity contribution is 5.93. The molecule has 2 atom stereocenters. The number of aromatic nitrogens is 1. The summed E-state index contributed by atoms with van der Waals surface area (Å²) in [5, 5.41) is 3.84. The lowest BCUT2D eigenvalue weighted by atomic mass is 9.89. The van der Waals surface area contributed by atoms with Gasteiger partial charge in [0.25, 0.3) is 11.8 Å². The van der Waals surface area contributed by atoms with Crippen LogP contribution in [0, 0.1) is 11.6 Å². The van der Waals surface area contributed by atoms with Crippen molar-refractivity contribution in [2.45, 2.75) is 56.9 Å². The smallest absolute Gasteiger partial charge is 0.276 e. The largest absolute Gasteiger partial charge is 0.361 e. The summed E-state index contributed by atoms with van der Waals surface area (Å²) in [6, 6.07) is 4.61. The monoisotopic (exact) mass is 431 g/mol. The minimum absolute atomic E-state index is 0.161. The van der Waals surface area contributed by atoms with Crippen LogP contribution in [0.1, 0.15) is 60.5 Å². The highest BCUT2D eigenvalue weighted by Crippen LogP contribution is 2.47. The van der Waals surface area contributed by atoms with Crippen LogP contribution in [0.25, 0.3) is 0 Å². The van der Waals surface area contributed by atoms with Crippen molar-refractivity contribution in [3.05, 3.63) is 52.9 Å². The average Bonchev–Trinajstić information content (AvgIpc) is 3.44. The Hall–Kier alpha value is -2.81. The number of fused-ring (bicyclic) bond motifs is 1. The Kier molecular flexibility index (Phi) is 4.80. The number of piperidine rings is 1. The Bertz CT molecular complexity index is 1010. The Morgan fingerprint density at radius 2 is 1.87 bits per heavy atom. The molecule has 0 N–H and O–H groups in total. The van der Waals surface area contributed by atoms with Gasteiger partial charge in [-0.2, -0.15) is 0 Å². The van der Waals surface area contributed by atoms with E-state index in [0.717, 1.165) is 6.07 Å². The molecule has 9 heteroatoms. The number of amides is 2. The molecule has 0 saturated carbocycles. The molecule has 0 aliphatic carbocycles. The first-order valence-corrected chi connectivity index (χ1v) is 10.6. The van der Waals surface area contributed by atoms with E-state index in [9.17, 15) is 18.4 Å². The van der Waals surface area contributed by atoms with E-state index in [2.05, 4.69) is 5.16 Å². The number of nitrogens with zero attached hydrogens (tertiary/aromatic N) is 3. The first kappa shape index (κ1) is 20.1. The maximum atomic E-state index is 13.7. The van der Waals surface area contributed by atoms with Gasteiger partial charge in [-0.15, -0.1) is 0 Å². The van der Waals surface area contributed by atoms with Crippen LogP contribution in [-0.2, 0) is 16.0 Å². The average molecular weight is 431 g/mol. The molecular formula is C22H23F2N3O4. The van der Waals surface area contributed by atoms with Gasteiger partial charge >= 0.3 is 0 Å². The molecule has 2 amide bonds. The zero-order valence-electron chi connectivity index (χ0n) is 17.1. The normalized spacial score (nSPS) is 24.8. The van der Waals surface area contributed by atoms with Gasteiger partial charge in [-0.1, -0.05) is 12.1 Å². The van der Waals surface area contributed by atoms with E-state index in [1.54, 1.807) is 15.9 Å². The van der Waals surface area contributed by atoms with Gasteiger partial charge in [0.15, 0.2) is 11.3 Å². The first-order valence-electron chi connectivity index (χ1n) is 10.6. The van der Waals surface area contributed by atoms with E-state index in [1.807, 2.05) is 6.92 Å². The summed E-state index contributed by atoms with van der Waals surface area (Å²) in [4.78, 5) is 29.4. The number of ether oxygens (including phenoxy) is 1. The summed E-state index contributed by atoms with van der Waals surface area (Å²) >= 11 is 0. The fourth-order valence-corrected chi connectivity index (χ4v) is 4.95. The van der Waals surface area contributed by atoms with Gasteiger partial charge in [0.05, 0.1) is 6.04 Å². The van der Waals surface area contributed by atoms with E-state index in [4.69, 9.17) is 9.26 Å². The number of likely N-dealkylation sites (tertiary alicyclic amines) is 1. The van der Waals surface area contributed by atoms with Gasteiger partial charge in [0.2, 0.25) is 0 Å². The molecule has 3 aliphatic heterocycles. The van der Waals surface area contributed by atoms with E-state index in [0.29, 0.717) is 56.5 Å². The van der Waals surface area contributed by atoms with Crippen LogP contribution in [0.5, 0.6) is 0 Å². The molecule has 1 aromatic carbocycles. The summed E-state index contributed by atoms with van der Waals surface area (Å²) in [6.07, 6.45) is 2.18. The number of benzene rings is 1. The summed E-state index contributed by atoms with van der Waals surface area (Å²) in [5.41, 5.74) is -0.288. The molecule has 31 heavy (non-hydrogen) atoms. The second-order valence-corrected chi connectivity index (χ2v) is 8.40. The third kappa shape index (κ3) is 3.31. The predicted molar refractivity (Wildman–Crippen MR) is 104 cm³/mol. The van der Waals surface area contributed by atoms with Gasteiger partial charge in [-0.3, -0.25) is 9.59 Å². The molecule has 5 rings (SSSR count). The lowest BCUT2D eigenvalue weighted by molar-refractivity contribution is -0.142. The Labute approximate surface area is 177 Å². The topological polar surface area (TPSA) is 75.9 Å². The molecule has 7 nitrogen and oxygen atoms in total. The SMILES string of the molecule is CCc1cc(C(=O)N2CCC3(CC2)OC2CC[C@@H](c4cc(F)cc(F)c4)N2C3=O)no1. The van der Waals surface area contributed by atoms with Gasteiger partial charge in [-0.05, 0) is 30.5 Å². The van der Waals surface area contributed by atoms with Crippen molar-refractivity contribution in [1.29, 1.82) is 0 Å². The van der Waals surface area contributed by atoms with E-state index in [1.165, 1.54) is 12.1 Å². The van der Waals surface area contributed by atoms with Crippen molar-refractivity contribution in [2.24, 2.45) is 0 Å². The van der Waals surface area contributed by atoms with E-state index in [-0.39, 0.29) is 17.5 Å². The van der Waals surface area contributed by atoms with Crippen molar-refractivity contribution in [2.75, 3.05) is 13.1 Å². The number of aryl methyl sites for hydroxylation is 1. The van der Waals surface area contributed by atoms with Crippen LogP contribution in [-0.4, -0.2) is 51.7 Å². The number of halogens is 2. The third-order valence-electron chi connectivity index (χ3n) is 6.57. The van der Waals surface area contributed by atoms with Crippen LogP contribution < -0.4 is 0 Å². The standard InChI is InChI=1S/C22H23F2N3O4/c1-2-16-12-17(25-31-16)20(28)26-7-5-22(6-8-26)21(29)27-18(3-4-19(27)30-22)13-9-14(23)11-15(24)10-13/h9-12,18-19H,2-8H2,1H3/t18-,19?/m0/s1. The van der Waals surface area contributed by atoms with Crippen LogP contribution in [0.3, 0.4) is 0 Å². The van der Waals surface area contributed by atoms with E-state index < -0.39 is 29.5 Å². The second-order valence-electron chi connectivity index (χ2n) is 8.40. The van der Waals surface area contributed by atoms with Gasteiger partial charge in [-0.25, -0.2) is 8.78 Å². The lowest BCUT2D eigenvalue weighted by Crippen LogP contribution is -2.51. The minimum atomic E-state index is -0.996. The van der Waals surface area contributed by atoms with Crippen LogP contribution in [0.4, 0.5) is 8.78 Å². The van der Waals surface area contributed by atoms with Gasteiger partial charge in [0, 0.05) is 44.5 Å². The molecular weight excluding hydrogens is 408 g/mol. The molecule has 1 unspecified atom stereocenters. The van der Waals surface area contributed by atoms with Crippen molar-refractivity contribution in [3.8, 4) is 0 Å². The van der Waals surface area contributed by atoms with Gasteiger partial charge < -0.3 is 19.1 Å². The summed E-state index contributed by atoms with van der Waals surface area (Å²) in [7, 11) is 0. The lowest BCUT2D eigenvalue weighted by Gasteiger charge is -2.37. The summed E-state index contributed by atoms with van der Waals surface area (Å²) in [6.45, 7) is 2.64. The van der Waals surface area contributed by atoms with Crippen molar-refractivity contribution in [1.82, 2.24) is 15.0 Å². The first-order chi connectivity index (χ1) is 14.9. The van der Waals surface area contributed by atoms with Crippen LogP contribution >= 0.6 is 0 Å². The molecule has 4 heterocycles. The second kappa shape index (κ2) is 7.40. The molecule has 1 spiro atoms. The molecule has 2 aromatic rings. The highest BCUT2D eigenvalue weighted by atomic mass is 19.1. The summed E-state index contributed by atoms with van der Waals surface area (Å²) in [5.74, 6) is -1.06. The number of rotatable bonds is 3. The van der Waals surface area contributed by atoms with Crippen molar-refractivity contribution >= 4 is 11.8 Å². The van der Waals surface area contributed by atoms with Gasteiger partial charge in [0.1, 0.15) is 23.6 Å². The van der Waals surface area contributed by atoms with Crippen molar-refractivity contribution in [3.63, 3.8) is 0 Å². The number of hydrogen-bond donors (Lipinski definition) is 0. The zero-order chi connectivity index (χ0) is 21.8. The Morgan fingerprint density at radius 1 is 1.16 bits per heavy atom. The zero-order valence-corrected chi connectivity index (χ0v) is 17.1. The molecule has 3 fully saturated rings. The Morgan fingerprint density at radius 3 is 2.52 bits per heavy atom. The molecule has 1 aromatic heterocycles. The molecule has 164 valence electrons. The molecule has 0 bridgehead atoms. The number of hydrogen-bond acceptors (Lipinski definition) is 5. The number of carbonyl (C=O) groups is 2. The Balaban J connectivity index is 1.30. The third-order valence-corrected chi connectivity index (χ3v) is 6.57.